The first kappa shape index (κ1) is 18.1. The Morgan fingerprint density at radius 3 is 2.43 bits per heavy atom. The largest absolute Gasteiger partial charge is 0.355 e. The smallest absolute Gasteiger partial charge is 0.233 e. The first-order chi connectivity index (χ1) is 10.1. The Hall–Kier alpha value is -1.00. The van der Waals surface area contributed by atoms with E-state index in [2.05, 4.69) is 48.7 Å². The molecule has 4 heteroatoms. The Morgan fingerprint density at radius 1 is 1.19 bits per heavy atom. The van der Waals surface area contributed by atoms with Crippen molar-refractivity contribution in [2.75, 3.05) is 13.6 Å². The molecule has 2 N–H and O–H groups in total. The van der Waals surface area contributed by atoms with Gasteiger partial charge in [-0.15, -0.1) is 11.8 Å². The van der Waals surface area contributed by atoms with Gasteiger partial charge in [-0.25, -0.2) is 0 Å². The molecular formula is C17H28N2OS. The number of benzene rings is 1. The van der Waals surface area contributed by atoms with Crippen LogP contribution >= 0.6 is 11.8 Å². The van der Waals surface area contributed by atoms with Gasteiger partial charge in [0.05, 0.1) is 5.25 Å². The van der Waals surface area contributed by atoms with Gasteiger partial charge < -0.3 is 10.6 Å². The molecule has 3 nitrogen and oxygen atoms in total. The van der Waals surface area contributed by atoms with Crippen LogP contribution < -0.4 is 10.6 Å². The van der Waals surface area contributed by atoms with E-state index in [0.717, 1.165) is 17.9 Å². The highest BCUT2D eigenvalue weighted by molar-refractivity contribution is 8.00. The van der Waals surface area contributed by atoms with Gasteiger partial charge >= 0.3 is 0 Å². The van der Waals surface area contributed by atoms with Crippen molar-refractivity contribution in [2.45, 2.75) is 56.2 Å². The molecule has 0 bridgehead atoms. The standard InChI is InChI=1S/C17H28N2OS/c1-5-6-7-12-19-17(20)14(3)21-16-10-8-15(9-11-16)13(2)18-4/h8-11,13-14,18H,5-7,12H2,1-4H3,(H,19,20). The summed E-state index contributed by atoms with van der Waals surface area (Å²) in [5.41, 5.74) is 1.26. The van der Waals surface area contributed by atoms with E-state index in [1.165, 1.54) is 18.4 Å². The summed E-state index contributed by atoms with van der Waals surface area (Å²) >= 11 is 1.61. The van der Waals surface area contributed by atoms with Gasteiger partial charge in [-0.2, -0.15) is 0 Å². The predicted octanol–water partition coefficient (Wildman–Crippen LogP) is 3.75. The van der Waals surface area contributed by atoms with Crippen LogP contribution in [0.1, 0.15) is 51.6 Å². The van der Waals surface area contributed by atoms with Gasteiger partial charge in [0.1, 0.15) is 0 Å². The van der Waals surface area contributed by atoms with Crippen LogP contribution in [0.4, 0.5) is 0 Å². The fourth-order valence-corrected chi connectivity index (χ4v) is 2.88. The fourth-order valence-electron chi connectivity index (χ4n) is 1.99. The molecule has 1 aromatic carbocycles. The molecule has 0 fully saturated rings. The van der Waals surface area contributed by atoms with Crippen molar-refractivity contribution in [3.8, 4) is 0 Å². The van der Waals surface area contributed by atoms with Crippen molar-refractivity contribution < 1.29 is 4.79 Å². The maximum atomic E-state index is 12.0. The Morgan fingerprint density at radius 2 is 1.86 bits per heavy atom. The van der Waals surface area contributed by atoms with E-state index in [-0.39, 0.29) is 11.2 Å². The molecule has 0 saturated heterocycles. The molecule has 2 atom stereocenters. The molecule has 118 valence electrons. The third-order valence-corrected chi connectivity index (χ3v) is 4.69. The van der Waals surface area contributed by atoms with Gasteiger partial charge in [0.25, 0.3) is 0 Å². The number of carbonyl (C=O) groups is 1. The summed E-state index contributed by atoms with van der Waals surface area (Å²) in [7, 11) is 1.96. The molecule has 0 aliphatic rings. The number of hydrogen-bond donors (Lipinski definition) is 2. The molecule has 0 radical (unpaired) electrons. The third-order valence-electron chi connectivity index (χ3n) is 3.57. The van der Waals surface area contributed by atoms with Crippen molar-refractivity contribution >= 4 is 17.7 Å². The van der Waals surface area contributed by atoms with Crippen LogP contribution in [0.2, 0.25) is 0 Å². The lowest BCUT2D eigenvalue weighted by atomic mass is 10.1. The molecule has 0 aliphatic heterocycles. The van der Waals surface area contributed by atoms with Gasteiger partial charge in [-0.3, -0.25) is 4.79 Å². The van der Waals surface area contributed by atoms with E-state index in [0.29, 0.717) is 6.04 Å². The van der Waals surface area contributed by atoms with Gasteiger partial charge in [-0.1, -0.05) is 31.9 Å². The number of rotatable bonds is 9. The van der Waals surface area contributed by atoms with Crippen LogP contribution in [0.15, 0.2) is 29.2 Å². The number of thioether (sulfide) groups is 1. The molecule has 2 unspecified atom stereocenters. The summed E-state index contributed by atoms with van der Waals surface area (Å²) < 4.78 is 0. The van der Waals surface area contributed by atoms with Crippen LogP contribution in [0.25, 0.3) is 0 Å². The van der Waals surface area contributed by atoms with E-state index < -0.39 is 0 Å². The normalized spacial score (nSPS) is 13.7. The minimum Gasteiger partial charge on any atom is -0.355 e. The first-order valence-electron chi connectivity index (χ1n) is 7.80. The Balaban J connectivity index is 2.43. The van der Waals surface area contributed by atoms with Gasteiger partial charge in [0.2, 0.25) is 5.91 Å². The number of amides is 1. The second-order valence-electron chi connectivity index (χ2n) is 5.34. The Bertz CT molecular complexity index is 419. The summed E-state index contributed by atoms with van der Waals surface area (Å²) in [6.45, 7) is 7.05. The second kappa shape index (κ2) is 9.85. The average molecular weight is 308 g/mol. The predicted molar refractivity (Wildman–Crippen MR) is 91.8 cm³/mol. The van der Waals surface area contributed by atoms with Crippen LogP contribution in [-0.4, -0.2) is 24.7 Å². The number of carbonyl (C=O) groups excluding carboxylic acids is 1. The van der Waals surface area contributed by atoms with Crippen LogP contribution in [0.5, 0.6) is 0 Å². The quantitative estimate of drug-likeness (QED) is 0.539. The van der Waals surface area contributed by atoms with Crippen molar-refractivity contribution in [3.05, 3.63) is 29.8 Å². The lowest BCUT2D eigenvalue weighted by molar-refractivity contribution is -0.120. The SMILES string of the molecule is CCCCCNC(=O)C(C)Sc1ccc(C(C)NC)cc1. The summed E-state index contributed by atoms with van der Waals surface area (Å²) in [5, 5.41) is 6.17. The van der Waals surface area contributed by atoms with E-state index >= 15 is 0 Å². The third kappa shape index (κ3) is 6.53. The number of unbranched alkanes of at least 4 members (excludes halogenated alkanes) is 2. The van der Waals surface area contributed by atoms with Crippen molar-refractivity contribution in [1.29, 1.82) is 0 Å². The molecule has 0 heterocycles. The van der Waals surface area contributed by atoms with Gasteiger partial charge in [-0.05, 0) is 45.0 Å². The van der Waals surface area contributed by atoms with Crippen molar-refractivity contribution in [1.82, 2.24) is 10.6 Å². The monoisotopic (exact) mass is 308 g/mol. The van der Waals surface area contributed by atoms with Gasteiger partial charge in [0.15, 0.2) is 0 Å². The van der Waals surface area contributed by atoms with Crippen LogP contribution in [-0.2, 0) is 4.79 Å². The van der Waals surface area contributed by atoms with Crippen molar-refractivity contribution in [3.63, 3.8) is 0 Å². The number of nitrogens with one attached hydrogen (secondary N) is 2. The van der Waals surface area contributed by atoms with E-state index in [1.807, 2.05) is 14.0 Å². The Labute approximate surface area is 133 Å². The second-order valence-corrected chi connectivity index (χ2v) is 6.75. The molecule has 0 saturated carbocycles. The lowest BCUT2D eigenvalue weighted by Gasteiger charge is -2.14. The lowest BCUT2D eigenvalue weighted by Crippen LogP contribution is -2.31. The molecule has 1 amide bonds. The molecule has 1 rings (SSSR count). The molecular weight excluding hydrogens is 280 g/mol. The molecule has 1 aromatic rings. The molecule has 0 spiro atoms. The highest BCUT2D eigenvalue weighted by atomic mass is 32.2. The van der Waals surface area contributed by atoms with Crippen LogP contribution in [0, 0.1) is 0 Å². The van der Waals surface area contributed by atoms with E-state index in [1.54, 1.807) is 11.8 Å². The maximum absolute atomic E-state index is 12.0. The minimum atomic E-state index is -0.0563. The van der Waals surface area contributed by atoms with Crippen molar-refractivity contribution in [2.24, 2.45) is 0 Å². The fraction of sp³-hybridized carbons (Fsp3) is 0.588. The Kier molecular flexibility index (Phi) is 8.47. The zero-order chi connectivity index (χ0) is 15.7. The summed E-state index contributed by atoms with van der Waals surface area (Å²) in [6.07, 6.45) is 3.42. The highest BCUT2D eigenvalue weighted by Crippen LogP contribution is 2.25. The summed E-state index contributed by atoms with van der Waals surface area (Å²) in [6, 6.07) is 8.78. The minimum absolute atomic E-state index is 0.0563. The molecule has 0 aliphatic carbocycles. The van der Waals surface area contributed by atoms with Gasteiger partial charge in [0, 0.05) is 17.5 Å². The first-order valence-corrected chi connectivity index (χ1v) is 8.68. The zero-order valence-corrected chi connectivity index (χ0v) is 14.4. The molecule has 0 aromatic heterocycles. The summed E-state index contributed by atoms with van der Waals surface area (Å²) in [4.78, 5) is 13.1. The molecule has 21 heavy (non-hydrogen) atoms. The van der Waals surface area contributed by atoms with Crippen LogP contribution in [0.3, 0.4) is 0 Å². The summed E-state index contributed by atoms with van der Waals surface area (Å²) in [5.74, 6) is 0.128. The van der Waals surface area contributed by atoms with E-state index in [9.17, 15) is 4.79 Å². The zero-order valence-electron chi connectivity index (χ0n) is 13.6. The average Bonchev–Trinajstić information content (AvgIpc) is 2.51. The topological polar surface area (TPSA) is 41.1 Å². The van der Waals surface area contributed by atoms with E-state index in [4.69, 9.17) is 0 Å². The maximum Gasteiger partial charge on any atom is 0.233 e. The highest BCUT2D eigenvalue weighted by Gasteiger charge is 2.13. The number of hydrogen-bond acceptors (Lipinski definition) is 3.